The zero-order chi connectivity index (χ0) is 25.8. The lowest BCUT2D eigenvalue weighted by Gasteiger charge is -2.11. The second kappa shape index (κ2) is 8.87. The monoisotopic (exact) mass is 514 g/mol. The molecule has 2 heterocycles. The van der Waals surface area contributed by atoms with Gasteiger partial charge in [0.15, 0.2) is 5.82 Å². The first-order chi connectivity index (χ1) is 19.3. The molecule has 2 nitrogen and oxygen atoms in total. The second-order valence-electron chi connectivity index (χ2n) is 9.84. The van der Waals surface area contributed by atoms with Crippen molar-refractivity contribution >= 4 is 53.2 Å². The second-order valence-corrected chi connectivity index (χ2v) is 10.9. The van der Waals surface area contributed by atoms with Gasteiger partial charge in [0.1, 0.15) is 0 Å². The van der Waals surface area contributed by atoms with Gasteiger partial charge in [0.05, 0.1) is 15.9 Å². The maximum absolute atomic E-state index is 5.29. The van der Waals surface area contributed by atoms with Crippen molar-refractivity contribution in [3.63, 3.8) is 0 Å². The van der Waals surface area contributed by atoms with Gasteiger partial charge in [-0.2, -0.15) is 0 Å². The first-order valence-electron chi connectivity index (χ1n) is 13.1. The maximum atomic E-state index is 5.29. The van der Waals surface area contributed by atoms with Crippen LogP contribution in [0.3, 0.4) is 0 Å². The highest BCUT2D eigenvalue weighted by atomic mass is 32.1. The van der Waals surface area contributed by atoms with E-state index in [9.17, 15) is 0 Å². The third-order valence-electron chi connectivity index (χ3n) is 7.45. The van der Waals surface area contributed by atoms with E-state index in [0.717, 1.165) is 38.4 Å². The molecule has 0 saturated carbocycles. The number of fused-ring (bicyclic) bond motifs is 5. The minimum atomic E-state index is 0.746. The SMILES string of the molecule is c1ccc(-c2cccc(-c3nc(-c4cccc5ccccc45)c4sc5cc6ccccc6cc5c4n3)c2)cc1. The van der Waals surface area contributed by atoms with Gasteiger partial charge in [0, 0.05) is 21.2 Å². The van der Waals surface area contributed by atoms with Gasteiger partial charge >= 0.3 is 0 Å². The van der Waals surface area contributed by atoms with E-state index in [2.05, 4.69) is 127 Å². The van der Waals surface area contributed by atoms with Crippen LogP contribution in [0.4, 0.5) is 0 Å². The molecule has 0 aliphatic rings. The zero-order valence-corrected chi connectivity index (χ0v) is 21.8. The van der Waals surface area contributed by atoms with E-state index in [1.165, 1.54) is 37.2 Å². The molecular formula is C36H22N2S. The molecule has 0 spiro atoms. The van der Waals surface area contributed by atoms with Crippen LogP contribution in [0.2, 0.25) is 0 Å². The molecule has 8 aromatic rings. The molecule has 6 aromatic carbocycles. The fraction of sp³-hybridized carbons (Fsp3) is 0. The van der Waals surface area contributed by atoms with Gasteiger partial charge in [-0.3, -0.25) is 0 Å². The maximum Gasteiger partial charge on any atom is 0.160 e. The standard InChI is InChI=1S/C36H22N2S/c1-2-10-23(11-3-1)25-16-8-17-28(20-25)36-37-33(30-19-9-15-24-12-6-7-18-29(24)30)35-34(38-36)31-21-26-13-4-5-14-27(26)22-32(31)39-35/h1-22H. The molecule has 39 heavy (non-hydrogen) atoms. The van der Waals surface area contributed by atoms with Crippen molar-refractivity contribution in [3.8, 4) is 33.8 Å². The molecule has 0 aliphatic heterocycles. The number of aromatic nitrogens is 2. The molecular weight excluding hydrogens is 492 g/mol. The average molecular weight is 515 g/mol. The molecule has 0 fully saturated rings. The van der Waals surface area contributed by atoms with E-state index in [4.69, 9.17) is 9.97 Å². The van der Waals surface area contributed by atoms with Gasteiger partial charge < -0.3 is 0 Å². The van der Waals surface area contributed by atoms with E-state index in [1.807, 2.05) is 6.07 Å². The van der Waals surface area contributed by atoms with Crippen molar-refractivity contribution < 1.29 is 0 Å². The molecule has 3 heteroatoms. The Labute approximate surface area is 229 Å². The molecule has 0 amide bonds. The van der Waals surface area contributed by atoms with Crippen LogP contribution < -0.4 is 0 Å². The number of thiophene rings is 1. The summed E-state index contributed by atoms with van der Waals surface area (Å²) in [6.45, 7) is 0. The van der Waals surface area contributed by atoms with Crippen molar-refractivity contribution in [2.24, 2.45) is 0 Å². The number of hydrogen-bond acceptors (Lipinski definition) is 3. The average Bonchev–Trinajstić information content (AvgIpc) is 3.37. The van der Waals surface area contributed by atoms with Crippen molar-refractivity contribution in [1.82, 2.24) is 9.97 Å². The Hall–Kier alpha value is -4.86. The predicted octanol–water partition coefficient (Wildman–Crippen LogP) is 10.2. The lowest BCUT2D eigenvalue weighted by atomic mass is 10.0. The summed E-state index contributed by atoms with van der Waals surface area (Å²) in [5.74, 6) is 0.746. The number of rotatable bonds is 3. The molecule has 0 aliphatic carbocycles. The number of nitrogens with zero attached hydrogens (tertiary/aromatic N) is 2. The van der Waals surface area contributed by atoms with Gasteiger partial charge in [-0.1, -0.05) is 115 Å². The van der Waals surface area contributed by atoms with Crippen LogP contribution in [-0.2, 0) is 0 Å². The minimum absolute atomic E-state index is 0.746. The normalized spacial score (nSPS) is 11.6. The smallest absolute Gasteiger partial charge is 0.160 e. The Morgan fingerprint density at radius 1 is 0.462 bits per heavy atom. The molecule has 0 N–H and O–H groups in total. The van der Waals surface area contributed by atoms with E-state index in [-0.39, 0.29) is 0 Å². The Morgan fingerprint density at radius 3 is 2.00 bits per heavy atom. The van der Waals surface area contributed by atoms with Crippen molar-refractivity contribution in [3.05, 3.63) is 133 Å². The quantitative estimate of drug-likeness (QED) is 0.234. The lowest BCUT2D eigenvalue weighted by Crippen LogP contribution is -1.94. The first kappa shape index (κ1) is 22.2. The summed E-state index contributed by atoms with van der Waals surface area (Å²) in [4.78, 5) is 10.5. The molecule has 0 bridgehead atoms. The topological polar surface area (TPSA) is 25.8 Å². The molecule has 2 aromatic heterocycles. The Bertz CT molecular complexity index is 2170. The van der Waals surface area contributed by atoms with Crippen molar-refractivity contribution in [2.45, 2.75) is 0 Å². The van der Waals surface area contributed by atoms with Crippen LogP contribution in [0, 0.1) is 0 Å². The van der Waals surface area contributed by atoms with Gasteiger partial charge in [-0.25, -0.2) is 9.97 Å². The van der Waals surface area contributed by atoms with Crippen LogP contribution in [0.5, 0.6) is 0 Å². The van der Waals surface area contributed by atoms with Crippen LogP contribution in [0.1, 0.15) is 0 Å². The summed E-state index contributed by atoms with van der Waals surface area (Å²) in [6.07, 6.45) is 0. The zero-order valence-electron chi connectivity index (χ0n) is 21.0. The van der Waals surface area contributed by atoms with E-state index in [1.54, 1.807) is 11.3 Å². The van der Waals surface area contributed by atoms with Crippen LogP contribution >= 0.6 is 11.3 Å². The fourth-order valence-corrected chi connectivity index (χ4v) is 6.72. The largest absolute Gasteiger partial charge is 0.226 e. The predicted molar refractivity (Wildman–Crippen MR) is 166 cm³/mol. The van der Waals surface area contributed by atoms with Gasteiger partial charge in [0.2, 0.25) is 0 Å². The summed E-state index contributed by atoms with van der Waals surface area (Å²) >= 11 is 1.79. The van der Waals surface area contributed by atoms with E-state index < -0.39 is 0 Å². The summed E-state index contributed by atoms with van der Waals surface area (Å²) < 4.78 is 2.36. The summed E-state index contributed by atoms with van der Waals surface area (Å²) in [5, 5.41) is 6.06. The first-order valence-corrected chi connectivity index (χ1v) is 13.9. The van der Waals surface area contributed by atoms with Crippen LogP contribution in [0.15, 0.2) is 133 Å². The fourth-order valence-electron chi connectivity index (χ4n) is 5.54. The highest BCUT2D eigenvalue weighted by Crippen LogP contribution is 2.42. The highest BCUT2D eigenvalue weighted by Gasteiger charge is 2.18. The van der Waals surface area contributed by atoms with Crippen molar-refractivity contribution in [1.29, 1.82) is 0 Å². The number of benzene rings is 6. The van der Waals surface area contributed by atoms with E-state index in [0.29, 0.717) is 0 Å². The molecule has 182 valence electrons. The van der Waals surface area contributed by atoms with Crippen molar-refractivity contribution in [2.75, 3.05) is 0 Å². The number of hydrogen-bond donors (Lipinski definition) is 0. The Kier molecular flexibility index (Phi) is 5.04. The third kappa shape index (κ3) is 3.70. The molecule has 0 saturated heterocycles. The van der Waals surface area contributed by atoms with Crippen LogP contribution in [-0.4, -0.2) is 9.97 Å². The molecule has 0 unspecified atom stereocenters. The lowest BCUT2D eigenvalue weighted by molar-refractivity contribution is 1.24. The molecule has 8 rings (SSSR count). The summed E-state index contributed by atoms with van der Waals surface area (Å²) in [7, 11) is 0. The van der Waals surface area contributed by atoms with Gasteiger partial charge in [0.25, 0.3) is 0 Å². The van der Waals surface area contributed by atoms with Gasteiger partial charge in [-0.05, 0) is 50.9 Å². The Morgan fingerprint density at radius 2 is 1.13 bits per heavy atom. The summed E-state index contributed by atoms with van der Waals surface area (Å²) in [6, 6.07) is 47.2. The molecule has 0 radical (unpaired) electrons. The third-order valence-corrected chi connectivity index (χ3v) is 8.60. The summed E-state index contributed by atoms with van der Waals surface area (Å²) in [5.41, 5.74) is 6.49. The van der Waals surface area contributed by atoms with E-state index >= 15 is 0 Å². The Balaban J connectivity index is 1.45. The minimum Gasteiger partial charge on any atom is -0.226 e. The van der Waals surface area contributed by atoms with Crippen LogP contribution in [0.25, 0.3) is 75.6 Å². The highest BCUT2D eigenvalue weighted by molar-refractivity contribution is 7.26. The molecule has 0 atom stereocenters. The van der Waals surface area contributed by atoms with Gasteiger partial charge in [-0.15, -0.1) is 11.3 Å².